The zero-order chi connectivity index (χ0) is 9.42. The number of nitrogens with one attached hydrogen (secondary N) is 1. The largest absolute Gasteiger partial charge is 0.326 e. The average molecular weight is 182 g/mol. The first kappa shape index (κ1) is 8.53. The Kier molecular flexibility index (Phi) is 1.98. The van der Waals surface area contributed by atoms with Gasteiger partial charge in [0.2, 0.25) is 0 Å². The number of urea groups is 1. The van der Waals surface area contributed by atoms with Crippen molar-refractivity contribution in [1.82, 2.24) is 10.2 Å². The first-order valence-corrected chi connectivity index (χ1v) is 4.83. The third kappa shape index (κ3) is 1.30. The van der Waals surface area contributed by atoms with Crippen molar-refractivity contribution in [2.45, 2.75) is 44.7 Å². The SMILES string of the molecule is CC1NC(=O)N(C2CCCC2)C1=O. The number of nitrogens with zero attached hydrogens (tertiary/aromatic N) is 1. The molecule has 1 saturated carbocycles. The number of imide groups is 1. The number of hydrogen-bond acceptors (Lipinski definition) is 2. The van der Waals surface area contributed by atoms with Crippen LogP contribution in [0.1, 0.15) is 32.6 Å². The molecule has 1 N–H and O–H groups in total. The van der Waals surface area contributed by atoms with E-state index in [9.17, 15) is 9.59 Å². The lowest BCUT2D eigenvalue weighted by Crippen LogP contribution is -2.39. The minimum absolute atomic E-state index is 0.0584. The topological polar surface area (TPSA) is 49.4 Å². The smallest absolute Gasteiger partial charge is 0.325 e. The van der Waals surface area contributed by atoms with Gasteiger partial charge in [0, 0.05) is 6.04 Å². The Balaban J connectivity index is 2.13. The number of hydrogen-bond donors (Lipinski definition) is 1. The minimum Gasteiger partial charge on any atom is -0.326 e. The maximum Gasteiger partial charge on any atom is 0.325 e. The molecule has 4 nitrogen and oxygen atoms in total. The normalized spacial score (nSPS) is 29.9. The molecule has 1 heterocycles. The van der Waals surface area contributed by atoms with Crippen molar-refractivity contribution >= 4 is 11.9 Å². The zero-order valence-corrected chi connectivity index (χ0v) is 7.75. The average Bonchev–Trinajstić information content (AvgIpc) is 2.63. The highest BCUT2D eigenvalue weighted by atomic mass is 16.2. The molecule has 3 amide bonds. The van der Waals surface area contributed by atoms with Crippen LogP contribution in [0.25, 0.3) is 0 Å². The van der Waals surface area contributed by atoms with Crippen LogP contribution in [-0.2, 0) is 4.79 Å². The lowest BCUT2D eigenvalue weighted by Gasteiger charge is -2.19. The molecule has 0 radical (unpaired) electrons. The number of carbonyl (C=O) groups excluding carboxylic acids is 2. The summed E-state index contributed by atoms with van der Waals surface area (Å²) in [6.45, 7) is 1.73. The summed E-state index contributed by atoms with van der Waals surface area (Å²) in [4.78, 5) is 24.3. The van der Waals surface area contributed by atoms with Gasteiger partial charge in [-0.2, -0.15) is 0 Å². The Morgan fingerprint density at radius 3 is 2.38 bits per heavy atom. The standard InChI is InChI=1S/C9H14N2O2/c1-6-8(12)11(9(13)10-6)7-4-2-3-5-7/h6-7H,2-5H2,1H3,(H,10,13). The predicted molar refractivity (Wildman–Crippen MR) is 47.1 cm³/mol. The van der Waals surface area contributed by atoms with Crippen molar-refractivity contribution in [3.63, 3.8) is 0 Å². The summed E-state index contributed by atoms with van der Waals surface area (Å²) >= 11 is 0. The molecule has 1 saturated heterocycles. The lowest BCUT2D eigenvalue weighted by molar-refractivity contribution is -0.128. The van der Waals surface area contributed by atoms with E-state index >= 15 is 0 Å². The van der Waals surface area contributed by atoms with Gasteiger partial charge in [-0.3, -0.25) is 9.69 Å². The van der Waals surface area contributed by atoms with E-state index in [4.69, 9.17) is 0 Å². The van der Waals surface area contributed by atoms with Gasteiger partial charge < -0.3 is 5.32 Å². The summed E-state index contributed by atoms with van der Waals surface area (Å²) in [5.41, 5.74) is 0. The van der Waals surface area contributed by atoms with Crippen molar-refractivity contribution in [3.8, 4) is 0 Å². The molecule has 0 aromatic heterocycles. The molecule has 2 rings (SSSR count). The molecular formula is C9H14N2O2. The summed E-state index contributed by atoms with van der Waals surface area (Å²) in [5.74, 6) is -0.0584. The monoisotopic (exact) mass is 182 g/mol. The molecule has 0 aromatic rings. The Labute approximate surface area is 77.3 Å². The molecule has 0 spiro atoms. The quantitative estimate of drug-likeness (QED) is 0.612. The van der Waals surface area contributed by atoms with Gasteiger partial charge in [-0.25, -0.2) is 4.79 Å². The van der Waals surface area contributed by atoms with E-state index in [1.54, 1.807) is 6.92 Å². The van der Waals surface area contributed by atoms with Crippen molar-refractivity contribution in [1.29, 1.82) is 0 Å². The van der Waals surface area contributed by atoms with Gasteiger partial charge in [-0.1, -0.05) is 12.8 Å². The van der Waals surface area contributed by atoms with Crippen molar-refractivity contribution in [2.24, 2.45) is 0 Å². The summed E-state index contributed by atoms with van der Waals surface area (Å²) in [7, 11) is 0. The Bertz CT molecular complexity index is 246. The van der Waals surface area contributed by atoms with Gasteiger partial charge in [0.25, 0.3) is 5.91 Å². The molecule has 1 aliphatic heterocycles. The van der Waals surface area contributed by atoms with Gasteiger partial charge in [-0.05, 0) is 19.8 Å². The van der Waals surface area contributed by atoms with Crippen molar-refractivity contribution in [3.05, 3.63) is 0 Å². The molecule has 1 unspecified atom stereocenters. The Hall–Kier alpha value is -1.06. The molecule has 2 fully saturated rings. The molecule has 0 bridgehead atoms. The highest BCUT2D eigenvalue weighted by molar-refractivity contribution is 6.04. The van der Waals surface area contributed by atoms with Gasteiger partial charge in [0.15, 0.2) is 0 Å². The molecule has 4 heteroatoms. The maximum absolute atomic E-state index is 11.5. The van der Waals surface area contributed by atoms with Crippen LogP contribution in [0.3, 0.4) is 0 Å². The predicted octanol–water partition coefficient (Wildman–Crippen LogP) is 0.869. The van der Waals surface area contributed by atoms with Crippen LogP contribution >= 0.6 is 0 Å². The third-order valence-corrected chi connectivity index (χ3v) is 2.86. The minimum atomic E-state index is -0.326. The Morgan fingerprint density at radius 1 is 1.31 bits per heavy atom. The van der Waals surface area contributed by atoms with Crippen LogP contribution in [0, 0.1) is 0 Å². The molecule has 2 aliphatic rings. The van der Waals surface area contributed by atoms with E-state index in [0.29, 0.717) is 0 Å². The van der Waals surface area contributed by atoms with Crippen LogP contribution in [-0.4, -0.2) is 28.9 Å². The van der Waals surface area contributed by atoms with Crippen LogP contribution in [0.2, 0.25) is 0 Å². The first-order chi connectivity index (χ1) is 6.20. The van der Waals surface area contributed by atoms with Crippen molar-refractivity contribution < 1.29 is 9.59 Å². The second-order valence-corrected chi connectivity index (χ2v) is 3.82. The molecule has 0 aromatic carbocycles. The van der Waals surface area contributed by atoms with Crippen LogP contribution in [0.4, 0.5) is 4.79 Å². The molecule has 72 valence electrons. The second-order valence-electron chi connectivity index (χ2n) is 3.82. The van der Waals surface area contributed by atoms with Crippen LogP contribution in [0.5, 0.6) is 0 Å². The van der Waals surface area contributed by atoms with E-state index < -0.39 is 0 Å². The van der Waals surface area contributed by atoms with Crippen molar-refractivity contribution in [2.75, 3.05) is 0 Å². The fourth-order valence-corrected chi connectivity index (χ4v) is 2.13. The van der Waals surface area contributed by atoms with E-state index in [1.807, 2.05) is 0 Å². The zero-order valence-electron chi connectivity index (χ0n) is 7.75. The van der Waals surface area contributed by atoms with Crippen LogP contribution < -0.4 is 5.32 Å². The summed E-state index contributed by atoms with van der Waals surface area (Å²) in [5, 5.41) is 2.63. The highest BCUT2D eigenvalue weighted by Gasteiger charge is 2.40. The number of carbonyl (C=O) groups is 2. The molecule has 1 aliphatic carbocycles. The molecule has 13 heavy (non-hydrogen) atoms. The van der Waals surface area contributed by atoms with Gasteiger partial charge >= 0.3 is 6.03 Å². The molecule has 1 atom stereocenters. The Morgan fingerprint density at radius 2 is 1.92 bits per heavy atom. The number of amides is 3. The third-order valence-electron chi connectivity index (χ3n) is 2.86. The van der Waals surface area contributed by atoms with Gasteiger partial charge in [0.1, 0.15) is 6.04 Å². The van der Waals surface area contributed by atoms with Gasteiger partial charge in [0.05, 0.1) is 0 Å². The van der Waals surface area contributed by atoms with Gasteiger partial charge in [-0.15, -0.1) is 0 Å². The van der Waals surface area contributed by atoms with Crippen LogP contribution in [0.15, 0.2) is 0 Å². The van der Waals surface area contributed by atoms with E-state index in [-0.39, 0.29) is 24.0 Å². The van der Waals surface area contributed by atoms with E-state index in [0.717, 1.165) is 25.7 Å². The second kappa shape index (κ2) is 3.01. The lowest BCUT2D eigenvalue weighted by atomic mass is 10.2. The fourth-order valence-electron chi connectivity index (χ4n) is 2.13. The summed E-state index contributed by atoms with van der Waals surface area (Å²) in [6, 6.07) is -0.366. The number of rotatable bonds is 1. The fraction of sp³-hybridized carbons (Fsp3) is 0.778. The van der Waals surface area contributed by atoms with E-state index in [1.165, 1.54) is 4.90 Å². The first-order valence-electron chi connectivity index (χ1n) is 4.83. The highest BCUT2D eigenvalue weighted by Crippen LogP contribution is 2.25. The summed E-state index contributed by atoms with van der Waals surface area (Å²) in [6.07, 6.45) is 4.23. The maximum atomic E-state index is 11.5. The van der Waals surface area contributed by atoms with E-state index in [2.05, 4.69) is 5.32 Å². The summed E-state index contributed by atoms with van der Waals surface area (Å²) < 4.78 is 0. The molecular weight excluding hydrogens is 168 g/mol.